The topological polar surface area (TPSA) is 51.4 Å². The van der Waals surface area contributed by atoms with E-state index in [0.717, 1.165) is 42.6 Å². The number of aromatic nitrogens is 2. The number of ether oxygens (including phenoxy) is 1. The van der Waals surface area contributed by atoms with Crippen LogP contribution < -0.4 is 4.74 Å². The average Bonchev–Trinajstić information content (AvgIpc) is 3.32. The molecule has 2 aromatic rings. The fourth-order valence-corrected chi connectivity index (χ4v) is 4.22. The molecule has 142 valence electrons. The summed E-state index contributed by atoms with van der Waals surface area (Å²) >= 11 is 0. The lowest BCUT2D eigenvalue weighted by Crippen LogP contribution is -2.28. The average molecular weight is 378 g/mol. The van der Waals surface area contributed by atoms with E-state index in [1.54, 1.807) is 7.11 Å². The Hall–Kier alpha value is -1.59. The number of hydrogen-bond acceptors (Lipinski definition) is 5. The number of likely N-dealkylation sites (tertiary alicyclic amines) is 1. The standard InChI is InChI=1S/C20H27N3O2.ClH/c1-24-18-9-5-8-16(12-18)19-21-20(25-22-19)17-10-11-23(14-17)13-15-6-3-2-4-7-15;/h5,8-9,12,15,17H,2-4,6-7,10-11,13-14H2,1H3;1H. The highest BCUT2D eigenvalue weighted by atomic mass is 35.5. The van der Waals surface area contributed by atoms with E-state index >= 15 is 0 Å². The third kappa shape index (κ3) is 4.38. The molecular weight excluding hydrogens is 350 g/mol. The van der Waals surface area contributed by atoms with E-state index in [1.165, 1.54) is 38.6 Å². The molecule has 26 heavy (non-hydrogen) atoms. The molecule has 1 aromatic heterocycles. The Bertz CT molecular complexity index is 700. The van der Waals surface area contributed by atoms with Crippen LogP contribution in [0.15, 0.2) is 28.8 Å². The first-order chi connectivity index (χ1) is 12.3. The first kappa shape index (κ1) is 19.2. The number of methoxy groups -OCH3 is 1. The molecule has 1 aromatic carbocycles. The van der Waals surface area contributed by atoms with Crippen molar-refractivity contribution >= 4 is 12.4 Å². The van der Waals surface area contributed by atoms with Gasteiger partial charge in [0.1, 0.15) is 5.75 Å². The van der Waals surface area contributed by atoms with Crippen LogP contribution >= 0.6 is 12.4 Å². The minimum absolute atomic E-state index is 0. The molecule has 1 aliphatic heterocycles. The van der Waals surface area contributed by atoms with Crippen molar-refractivity contribution in [3.8, 4) is 17.1 Å². The molecule has 1 saturated carbocycles. The molecule has 0 radical (unpaired) electrons. The van der Waals surface area contributed by atoms with Crippen LogP contribution in [0, 0.1) is 5.92 Å². The number of nitrogens with zero attached hydrogens (tertiary/aromatic N) is 3. The first-order valence-corrected chi connectivity index (χ1v) is 9.52. The molecule has 1 unspecified atom stereocenters. The van der Waals surface area contributed by atoms with Crippen LogP contribution in [0.2, 0.25) is 0 Å². The van der Waals surface area contributed by atoms with Crippen LogP contribution in [0.1, 0.15) is 50.3 Å². The molecule has 1 saturated heterocycles. The fraction of sp³-hybridized carbons (Fsp3) is 0.600. The van der Waals surface area contributed by atoms with Crippen molar-refractivity contribution in [3.63, 3.8) is 0 Å². The van der Waals surface area contributed by atoms with E-state index in [9.17, 15) is 0 Å². The van der Waals surface area contributed by atoms with Crippen molar-refractivity contribution in [2.45, 2.75) is 44.4 Å². The molecule has 0 N–H and O–H groups in total. The molecule has 4 rings (SSSR count). The highest BCUT2D eigenvalue weighted by Gasteiger charge is 2.30. The predicted octanol–water partition coefficient (Wildman–Crippen LogP) is 4.54. The van der Waals surface area contributed by atoms with Gasteiger partial charge < -0.3 is 14.2 Å². The zero-order valence-corrected chi connectivity index (χ0v) is 16.2. The minimum Gasteiger partial charge on any atom is -0.497 e. The highest BCUT2D eigenvalue weighted by molar-refractivity contribution is 5.85. The molecule has 6 heteroatoms. The third-order valence-corrected chi connectivity index (χ3v) is 5.63. The number of hydrogen-bond donors (Lipinski definition) is 0. The summed E-state index contributed by atoms with van der Waals surface area (Å²) in [4.78, 5) is 7.25. The van der Waals surface area contributed by atoms with E-state index in [0.29, 0.717) is 11.7 Å². The Balaban J connectivity index is 0.00000196. The summed E-state index contributed by atoms with van der Waals surface area (Å²) in [5.41, 5.74) is 0.936. The van der Waals surface area contributed by atoms with Gasteiger partial charge in [0.05, 0.1) is 13.0 Å². The molecule has 2 aliphatic rings. The van der Waals surface area contributed by atoms with Crippen LogP contribution in [0.3, 0.4) is 0 Å². The zero-order valence-electron chi connectivity index (χ0n) is 15.4. The number of rotatable bonds is 5. The molecule has 0 bridgehead atoms. The van der Waals surface area contributed by atoms with E-state index in [1.807, 2.05) is 24.3 Å². The summed E-state index contributed by atoms with van der Waals surface area (Å²) in [5, 5.41) is 4.19. The zero-order chi connectivity index (χ0) is 17.1. The summed E-state index contributed by atoms with van der Waals surface area (Å²) in [6.07, 6.45) is 8.18. The van der Waals surface area contributed by atoms with Crippen molar-refractivity contribution in [2.75, 3.05) is 26.7 Å². The van der Waals surface area contributed by atoms with Gasteiger partial charge in [0.2, 0.25) is 11.7 Å². The Morgan fingerprint density at radius 2 is 2.04 bits per heavy atom. The van der Waals surface area contributed by atoms with Gasteiger partial charge in [-0.25, -0.2) is 0 Å². The second-order valence-corrected chi connectivity index (χ2v) is 7.44. The van der Waals surface area contributed by atoms with Crippen LogP contribution in [-0.4, -0.2) is 41.8 Å². The lowest BCUT2D eigenvalue weighted by molar-refractivity contribution is 0.229. The SMILES string of the molecule is COc1cccc(-c2noc(C3CCN(CC4CCCCC4)C3)n2)c1.Cl. The maximum absolute atomic E-state index is 5.59. The third-order valence-electron chi connectivity index (χ3n) is 5.63. The van der Waals surface area contributed by atoms with Gasteiger partial charge in [0, 0.05) is 18.7 Å². The second-order valence-electron chi connectivity index (χ2n) is 7.44. The lowest BCUT2D eigenvalue weighted by atomic mass is 9.89. The Morgan fingerprint density at radius 1 is 1.19 bits per heavy atom. The highest BCUT2D eigenvalue weighted by Crippen LogP contribution is 2.31. The minimum atomic E-state index is 0. The number of halogens is 1. The first-order valence-electron chi connectivity index (χ1n) is 9.52. The summed E-state index contributed by atoms with van der Waals surface area (Å²) < 4.78 is 10.9. The molecule has 5 nitrogen and oxygen atoms in total. The van der Waals surface area contributed by atoms with Crippen molar-refractivity contribution in [1.29, 1.82) is 0 Å². The van der Waals surface area contributed by atoms with Crippen LogP contribution in [0.25, 0.3) is 11.4 Å². The van der Waals surface area contributed by atoms with Crippen LogP contribution in [0.5, 0.6) is 5.75 Å². The normalized spacial score (nSPS) is 21.5. The molecular formula is C20H28ClN3O2. The van der Waals surface area contributed by atoms with Crippen molar-refractivity contribution < 1.29 is 9.26 Å². The molecule has 0 amide bonds. The van der Waals surface area contributed by atoms with Gasteiger partial charge >= 0.3 is 0 Å². The largest absolute Gasteiger partial charge is 0.497 e. The van der Waals surface area contributed by atoms with Gasteiger partial charge in [0.25, 0.3) is 0 Å². The Labute approximate surface area is 161 Å². The molecule has 2 fully saturated rings. The molecule has 1 atom stereocenters. The van der Waals surface area contributed by atoms with Crippen LogP contribution in [-0.2, 0) is 0 Å². The summed E-state index contributed by atoms with van der Waals surface area (Å²) in [6, 6.07) is 7.80. The fourth-order valence-electron chi connectivity index (χ4n) is 4.22. The van der Waals surface area contributed by atoms with Crippen molar-refractivity contribution in [1.82, 2.24) is 15.0 Å². The van der Waals surface area contributed by atoms with Gasteiger partial charge in [-0.3, -0.25) is 0 Å². The molecule has 1 aliphatic carbocycles. The van der Waals surface area contributed by atoms with Crippen molar-refractivity contribution in [2.24, 2.45) is 5.92 Å². The van der Waals surface area contributed by atoms with E-state index in [-0.39, 0.29) is 12.4 Å². The quantitative estimate of drug-likeness (QED) is 0.765. The van der Waals surface area contributed by atoms with E-state index < -0.39 is 0 Å². The summed E-state index contributed by atoms with van der Waals surface area (Å²) in [6.45, 7) is 3.45. The molecule has 2 heterocycles. The smallest absolute Gasteiger partial charge is 0.231 e. The van der Waals surface area contributed by atoms with Gasteiger partial charge in [-0.15, -0.1) is 12.4 Å². The van der Waals surface area contributed by atoms with E-state index in [4.69, 9.17) is 9.26 Å². The number of benzene rings is 1. The lowest BCUT2D eigenvalue weighted by Gasteiger charge is -2.26. The maximum Gasteiger partial charge on any atom is 0.231 e. The molecule has 0 spiro atoms. The van der Waals surface area contributed by atoms with Gasteiger partial charge in [-0.05, 0) is 43.9 Å². The van der Waals surface area contributed by atoms with Crippen LogP contribution in [0.4, 0.5) is 0 Å². The van der Waals surface area contributed by atoms with Gasteiger partial charge in [-0.2, -0.15) is 4.98 Å². The summed E-state index contributed by atoms with van der Waals surface area (Å²) in [7, 11) is 1.67. The summed E-state index contributed by atoms with van der Waals surface area (Å²) in [5.74, 6) is 3.50. The monoisotopic (exact) mass is 377 g/mol. The maximum atomic E-state index is 5.59. The van der Waals surface area contributed by atoms with E-state index in [2.05, 4.69) is 15.0 Å². The Morgan fingerprint density at radius 3 is 2.85 bits per heavy atom. The Kier molecular flexibility index (Phi) is 6.54. The van der Waals surface area contributed by atoms with Crippen molar-refractivity contribution in [3.05, 3.63) is 30.2 Å². The predicted molar refractivity (Wildman–Crippen MR) is 104 cm³/mol. The second kappa shape index (κ2) is 8.87. The van der Waals surface area contributed by atoms with Gasteiger partial charge in [-0.1, -0.05) is 36.6 Å². The van der Waals surface area contributed by atoms with Gasteiger partial charge in [0.15, 0.2) is 0 Å².